The third-order valence-corrected chi connectivity index (χ3v) is 18.3. The molecule has 1 atom stereocenters. The Hall–Kier alpha value is -5.24. The van der Waals surface area contributed by atoms with Crippen LogP contribution in [-0.4, -0.2) is 68.1 Å². The van der Waals surface area contributed by atoms with Gasteiger partial charge in [-0.15, -0.1) is 0 Å². The van der Waals surface area contributed by atoms with E-state index < -0.39 is 31.2 Å². The van der Waals surface area contributed by atoms with E-state index in [9.17, 15) is 4.79 Å². The summed E-state index contributed by atoms with van der Waals surface area (Å²) in [6, 6.07) is 53.7. The third kappa shape index (κ3) is 6.80. The monoisotopic (exact) mass is 827 g/mol. The maximum atomic E-state index is 13.5. The molecule has 7 nitrogen and oxygen atoms in total. The zero-order chi connectivity index (χ0) is 41.8. The quantitative estimate of drug-likeness (QED) is 0.0595. The molecule has 308 valence electrons. The lowest BCUT2D eigenvalue weighted by molar-refractivity contribution is 0.00578. The predicted molar refractivity (Wildman–Crippen MR) is 248 cm³/mol. The van der Waals surface area contributed by atoms with Crippen LogP contribution in [0, 0.1) is 0 Å². The van der Waals surface area contributed by atoms with Crippen LogP contribution in [0.4, 0.5) is 5.69 Å². The van der Waals surface area contributed by atoms with Crippen LogP contribution in [-0.2, 0) is 19.6 Å². The highest BCUT2D eigenvalue weighted by atomic mass is 31.2. The van der Waals surface area contributed by atoms with Gasteiger partial charge in [0.15, 0.2) is 5.60 Å². The Balaban J connectivity index is 0.866. The second kappa shape index (κ2) is 15.6. The molecule has 10 rings (SSSR count). The number of hydrogen-bond acceptors (Lipinski definition) is 7. The summed E-state index contributed by atoms with van der Waals surface area (Å²) in [4.78, 5) is 18.6. The van der Waals surface area contributed by atoms with Crippen molar-refractivity contribution in [1.29, 1.82) is 0 Å². The molecular weight excluding hydrogens is 774 g/mol. The lowest BCUT2D eigenvalue weighted by Gasteiger charge is -2.39. The summed E-state index contributed by atoms with van der Waals surface area (Å²) in [6.45, 7) is 13.1. The number of carbonyl (C=O) groups is 1. The van der Waals surface area contributed by atoms with Crippen molar-refractivity contribution in [3.8, 4) is 11.5 Å². The Bertz CT molecular complexity index is 2450. The van der Waals surface area contributed by atoms with Crippen LogP contribution in [0.1, 0.15) is 67.6 Å². The number of carbonyl (C=O) groups excluding carboxylic acids is 1. The van der Waals surface area contributed by atoms with Crippen molar-refractivity contribution in [2.75, 3.05) is 43.8 Å². The molecule has 61 heavy (non-hydrogen) atoms. The van der Waals surface area contributed by atoms with Crippen LogP contribution in [0.3, 0.4) is 0 Å². The number of anilines is 1. The Morgan fingerprint density at radius 3 is 1.74 bits per heavy atom. The molecule has 0 aromatic heterocycles. The SMILES string of the molecule is CC1(C)OB(c2ccc3c(c2)Oc2cc(N4CCN(CCCC[P+](c5ccccc5)(c5ccccc5)c5ccccc5)CC4)ccc2[C@@]32OC(=O)c3ccccc32)OC1(C)C. The number of piperazine rings is 1. The molecule has 0 amide bonds. The van der Waals surface area contributed by atoms with Crippen molar-refractivity contribution >= 4 is 47.4 Å². The van der Waals surface area contributed by atoms with Gasteiger partial charge < -0.3 is 23.7 Å². The number of rotatable bonds is 10. The molecule has 0 radical (unpaired) electrons. The number of benzene rings is 6. The van der Waals surface area contributed by atoms with Crippen molar-refractivity contribution in [3.63, 3.8) is 0 Å². The third-order valence-electron chi connectivity index (χ3n) is 13.8. The first-order chi connectivity index (χ1) is 29.6. The van der Waals surface area contributed by atoms with Crippen molar-refractivity contribution in [2.24, 2.45) is 0 Å². The predicted octanol–water partition coefficient (Wildman–Crippen LogP) is 8.45. The minimum Gasteiger partial charge on any atom is -0.456 e. The van der Waals surface area contributed by atoms with Gasteiger partial charge in [0, 0.05) is 54.6 Å². The number of nitrogens with zero attached hydrogens (tertiary/aromatic N) is 2. The van der Waals surface area contributed by atoms with Gasteiger partial charge in [-0.2, -0.15) is 0 Å². The Morgan fingerprint density at radius 1 is 0.590 bits per heavy atom. The molecule has 1 spiro atoms. The van der Waals surface area contributed by atoms with Crippen LogP contribution in [0.2, 0.25) is 0 Å². The van der Waals surface area contributed by atoms with Crippen LogP contribution in [0.5, 0.6) is 11.5 Å². The van der Waals surface area contributed by atoms with Crippen molar-refractivity contribution < 1.29 is 23.6 Å². The lowest BCUT2D eigenvalue weighted by atomic mass is 9.74. The molecule has 0 saturated carbocycles. The summed E-state index contributed by atoms with van der Waals surface area (Å²) in [6.07, 6.45) is 3.45. The smallest absolute Gasteiger partial charge is 0.456 e. The van der Waals surface area contributed by atoms with E-state index in [1.54, 1.807) is 0 Å². The fourth-order valence-corrected chi connectivity index (χ4v) is 14.2. The van der Waals surface area contributed by atoms with Crippen molar-refractivity contribution in [3.05, 3.63) is 174 Å². The first kappa shape index (κ1) is 39.9. The van der Waals surface area contributed by atoms with E-state index in [1.807, 2.05) is 42.5 Å². The zero-order valence-corrected chi connectivity index (χ0v) is 36.4. The highest BCUT2D eigenvalue weighted by Crippen LogP contribution is 2.57. The summed E-state index contributed by atoms with van der Waals surface area (Å²) < 4.78 is 26.2. The molecule has 0 unspecified atom stereocenters. The Morgan fingerprint density at radius 2 is 1.13 bits per heavy atom. The van der Waals surface area contributed by atoms with E-state index in [4.69, 9.17) is 18.8 Å². The van der Waals surface area contributed by atoms with Gasteiger partial charge in [0.1, 0.15) is 34.7 Å². The largest absolute Gasteiger partial charge is 0.494 e. The Labute approximate surface area is 361 Å². The molecule has 0 bridgehead atoms. The fraction of sp³-hybridized carbons (Fsp3) is 0.288. The van der Waals surface area contributed by atoms with Crippen LogP contribution in [0.25, 0.3) is 0 Å². The molecule has 2 saturated heterocycles. The van der Waals surface area contributed by atoms with Gasteiger partial charge in [-0.1, -0.05) is 84.9 Å². The minimum absolute atomic E-state index is 0.336. The fourth-order valence-electron chi connectivity index (χ4n) is 9.80. The molecule has 9 heteroatoms. The van der Waals surface area contributed by atoms with Gasteiger partial charge in [-0.05, 0) is 113 Å². The number of unbranched alkanes of at least 4 members (excludes halogenated alkanes) is 1. The second-order valence-corrected chi connectivity index (χ2v) is 21.4. The van der Waals surface area contributed by atoms with Crippen molar-refractivity contribution in [1.82, 2.24) is 4.90 Å². The molecule has 0 aliphatic carbocycles. The van der Waals surface area contributed by atoms with E-state index in [2.05, 4.69) is 147 Å². The molecule has 4 aliphatic heterocycles. The summed E-state index contributed by atoms with van der Waals surface area (Å²) in [7, 11) is -2.39. The number of ether oxygens (including phenoxy) is 2. The van der Waals surface area contributed by atoms with Gasteiger partial charge >= 0.3 is 13.1 Å². The van der Waals surface area contributed by atoms with Crippen molar-refractivity contribution in [2.45, 2.75) is 57.3 Å². The summed E-state index contributed by atoms with van der Waals surface area (Å²) in [5.74, 6) is 0.979. The van der Waals surface area contributed by atoms with E-state index in [1.165, 1.54) is 15.9 Å². The molecular formula is C52H53BN2O5P+. The Kier molecular flexibility index (Phi) is 10.2. The van der Waals surface area contributed by atoms with Crippen LogP contribution in [0.15, 0.2) is 152 Å². The van der Waals surface area contributed by atoms with Crippen LogP contribution < -0.4 is 31.0 Å². The van der Waals surface area contributed by atoms with Gasteiger partial charge in [0.25, 0.3) is 0 Å². The average molecular weight is 828 g/mol. The summed E-state index contributed by atoms with van der Waals surface area (Å²) in [5, 5.41) is 4.35. The maximum absolute atomic E-state index is 13.5. The van der Waals surface area contributed by atoms with Crippen LogP contribution >= 0.6 is 7.26 Å². The normalized spacial score (nSPS) is 20.2. The molecule has 6 aromatic carbocycles. The number of fused-ring (bicyclic) bond motifs is 6. The van der Waals surface area contributed by atoms with E-state index >= 15 is 0 Å². The molecule has 6 aromatic rings. The van der Waals surface area contributed by atoms with E-state index in [0.29, 0.717) is 17.1 Å². The minimum atomic E-state index is -1.83. The molecule has 4 heterocycles. The van der Waals surface area contributed by atoms with Gasteiger partial charge in [-0.25, -0.2) is 4.79 Å². The average Bonchev–Trinajstić information content (AvgIpc) is 3.71. The number of hydrogen-bond donors (Lipinski definition) is 0. The van der Waals surface area contributed by atoms with Gasteiger partial charge in [-0.3, -0.25) is 4.90 Å². The zero-order valence-electron chi connectivity index (χ0n) is 35.6. The van der Waals surface area contributed by atoms with E-state index in [-0.39, 0.29) is 5.97 Å². The first-order valence-electron chi connectivity index (χ1n) is 21.8. The molecule has 2 fully saturated rings. The second-order valence-electron chi connectivity index (χ2n) is 17.8. The van der Waals surface area contributed by atoms with E-state index in [0.717, 1.165) is 79.6 Å². The highest BCUT2D eigenvalue weighted by Gasteiger charge is 2.55. The maximum Gasteiger partial charge on any atom is 0.494 e. The van der Waals surface area contributed by atoms with Gasteiger partial charge in [0.05, 0.1) is 22.9 Å². The standard InChI is InChI=1S/C52H53BN2O5P/c1-50(2)51(3,4)60-53(59-50)38-26-28-45-47(36-38)57-48-37-39(27-29-46(48)52(45)44-25-15-14-24-43(44)49(56)58-52)55-33-31-54(32-34-55)30-16-17-35-61(40-18-8-5-9-19-40,41-20-10-6-11-21-41)42-22-12-7-13-23-42/h5-15,18-29,36-37H,16-17,30-35H2,1-4H3/q+1/t52-/m0/s1. The number of esters is 1. The molecule has 0 N–H and O–H groups in total. The highest BCUT2D eigenvalue weighted by molar-refractivity contribution is 7.95. The summed E-state index contributed by atoms with van der Waals surface area (Å²) >= 11 is 0. The first-order valence-corrected chi connectivity index (χ1v) is 23.7. The lowest BCUT2D eigenvalue weighted by Crippen LogP contribution is -2.46. The molecule has 4 aliphatic rings. The van der Waals surface area contributed by atoms with Gasteiger partial charge in [0.2, 0.25) is 0 Å². The topological polar surface area (TPSA) is 60.5 Å². The summed E-state index contributed by atoms with van der Waals surface area (Å²) in [5.41, 5.74) is 2.86.